The maximum atomic E-state index is 11.9. The summed E-state index contributed by atoms with van der Waals surface area (Å²) >= 11 is 0. The van der Waals surface area contributed by atoms with Crippen LogP contribution in [0.3, 0.4) is 0 Å². The molecule has 8 heteroatoms. The van der Waals surface area contributed by atoms with Gasteiger partial charge >= 0.3 is 0 Å². The van der Waals surface area contributed by atoms with Crippen molar-refractivity contribution in [1.29, 1.82) is 0 Å². The lowest BCUT2D eigenvalue weighted by Gasteiger charge is -2.43. The third kappa shape index (κ3) is 4.48. The number of hydrogen-bond donors (Lipinski definition) is 2. The molecule has 4 rings (SSSR count). The molecule has 1 amide bonds. The second kappa shape index (κ2) is 8.59. The van der Waals surface area contributed by atoms with E-state index in [1.807, 2.05) is 0 Å². The van der Waals surface area contributed by atoms with E-state index >= 15 is 0 Å². The number of carbonyl (C=O) groups is 1. The van der Waals surface area contributed by atoms with E-state index in [4.69, 9.17) is 10.5 Å². The third-order valence-corrected chi connectivity index (χ3v) is 6.32. The van der Waals surface area contributed by atoms with Crippen molar-refractivity contribution in [3.8, 4) is 5.88 Å². The zero-order valence-electron chi connectivity index (χ0n) is 17.3. The summed E-state index contributed by atoms with van der Waals surface area (Å²) in [7, 11) is 1.55. The average Bonchev–Trinajstić information content (AvgIpc) is 3.60. The van der Waals surface area contributed by atoms with Crippen LogP contribution in [0, 0.1) is 0 Å². The zero-order valence-corrected chi connectivity index (χ0v) is 17.3. The van der Waals surface area contributed by atoms with Crippen LogP contribution in [0.1, 0.15) is 25.7 Å². The van der Waals surface area contributed by atoms with Gasteiger partial charge in [0.25, 0.3) is 0 Å². The molecule has 1 aromatic heterocycles. The highest BCUT2D eigenvalue weighted by Gasteiger charge is 2.34. The SMILES string of the molecule is C=CC(=O)Nc1cc(N)c(OC)nc1N1CCC(N2CCN(C3CC3)CC2)CC1. The minimum atomic E-state index is -0.277. The van der Waals surface area contributed by atoms with Crippen molar-refractivity contribution in [1.82, 2.24) is 14.8 Å². The Hall–Kier alpha value is -2.32. The quantitative estimate of drug-likeness (QED) is 0.701. The molecule has 1 aliphatic carbocycles. The molecule has 2 aliphatic heterocycles. The number of piperazine rings is 1. The van der Waals surface area contributed by atoms with E-state index < -0.39 is 0 Å². The Bertz CT molecular complexity index is 750. The van der Waals surface area contributed by atoms with Crippen molar-refractivity contribution >= 4 is 23.1 Å². The number of nitrogens with zero attached hydrogens (tertiary/aromatic N) is 4. The van der Waals surface area contributed by atoms with Crippen LogP contribution in [0.5, 0.6) is 5.88 Å². The highest BCUT2D eigenvalue weighted by Crippen LogP contribution is 2.34. The Balaban J connectivity index is 1.40. The molecule has 0 unspecified atom stereocenters. The first-order valence-electron chi connectivity index (χ1n) is 10.6. The van der Waals surface area contributed by atoms with E-state index in [9.17, 15) is 4.79 Å². The predicted molar refractivity (Wildman–Crippen MR) is 115 cm³/mol. The van der Waals surface area contributed by atoms with E-state index in [-0.39, 0.29) is 5.91 Å². The molecule has 0 radical (unpaired) electrons. The molecule has 29 heavy (non-hydrogen) atoms. The van der Waals surface area contributed by atoms with Crippen molar-refractivity contribution in [2.24, 2.45) is 0 Å². The van der Waals surface area contributed by atoms with Gasteiger partial charge in [-0.3, -0.25) is 14.6 Å². The summed E-state index contributed by atoms with van der Waals surface area (Å²) in [5.41, 5.74) is 7.01. The lowest BCUT2D eigenvalue weighted by atomic mass is 10.0. The number of methoxy groups -OCH3 is 1. The molecule has 3 N–H and O–H groups in total. The first-order valence-corrected chi connectivity index (χ1v) is 10.6. The first-order chi connectivity index (χ1) is 14.1. The van der Waals surface area contributed by atoms with Gasteiger partial charge in [-0.1, -0.05) is 6.58 Å². The Labute approximate surface area is 172 Å². The highest BCUT2D eigenvalue weighted by atomic mass is 16.5. The van der Waals surface area contributed by atoms with Crippen LogP contribution < -0.4 is 20.7 Å². The van der Waals surface area contributed by atoms with Crippen molar-refractivity contribution in [3.05, 3.63) is 18.7 Å². The third-order valence-electron chi connectivity index (χ3n) is 6.32. The van der Waals surface area contributed by atoms with E-state index in [2.05, 4.69) is 31.6 Å². The molecule has 0 spiro atoms. The summed E-state index contributed by atoms with van der Waals surface area (Å²) < 4.78 is 5.30. The maximum Gasteiger partial charge on any atom is 0.247 e. The summed E-state index contributed by atoms with van der Waals surface area (Å²) in [5, 5.41) is 2.83. The normalized spacial score (nSPS) is 21.8. The van der Waals surface area contributed by atoms with Gasteiger partial charge in [-0.05, 0) is 37.8 Å². The molecule has 2 saturated heterocycles. The number of carbonyl (C=O) groups excluding carboxylic acids is 1. The molecule has 0 atom stereocenters. The summed E-state index contributed by atoms with van der Waals surface area (Å²) in [6.07, 6.45) is 6.21. The number of aromatic nitrogens is 1. The number of nitrogens with one attached hydrogen (secondary N) is 1. The number of hydrogen-bond acceptors (Lipinski definition) is 7. The highest BCUT2D eigenvalue weighted by molar-refractivity contribution is 6.01. The number of nitrogens with two attached hydrogens (primary N) is 1. The van der Waals surface area contributed by atoms with Crippen LogP contribution >= 0.6 is 0 Å². The largest absolute Gasteiger partial charge is 0.479 e. The lowest BCUT2D eigenvalue weighted by molar-refractivity contribution is -0.111. The molecule has 3 aliphatic rings. The molecule has 1 saturated carbocycles. The number of amides is 1. The summed E-state index contributed by atoms with van der Waals surface area (Å²) in [5.74, 6) is 0.819. The zero-order chi connectivity index (χ0) is 20.4. The first kappa shape index (κ1) is 20.0. The second-order valence-electron chi connectivity index (χ2n) is 8.17. The predicted octanol–water partition coefficient (Wildman–Crippen LogP) is 1.55. The fourth-order valence-electron chi connectivity index (χ4n) is 4.53. The number of piperidine rings is 1. The average molecular weight is 401 g/mol. The van der Waals surface area contributed by atoms with Crippen LogP contribution in [0.4, 0.5) is 17.2 Å². The number of pyridine rings is 1. The van der Waals surface area contributed by atoms with Crippen LogP contribution in [0.2, 0.25) is 0 Å². The summed E-state index contributed by atoms with van der Waals surface area (Å²) in [4.78, 5) is 24.0. The standard InChI is InChI=1S/C21H32N6O2/c1-3-19(28)23-18-14-17(22)21(29-2)24-20(18)27-8-6-16(7-9-27)26-12-10-25(11-13-26)15-4-5-15/h3,14-16H,1,4-13,22H2,2H3,(H,23,28). The maximum absolute atomic E-state index is 11.9. The smallest absolute Gasteiger partial charge is 0.247 e. The monoisotopic (exact) mass is 400 g/mol. The molecular formula is C21H32N6O2. The van der Waals surface area contributed by atoms with Crippen molar-refractivity contribution < 1.29 is 9.53 Å². The molecule has 0 bridgehead atoms. The van der Waals surface area contributed by atoms with Crippen LogP contribution in [0.25, 0.3) is 0 Å². The molecule has 8 nitrogen and oxygen atoms in total. The molecule has 0 aromatic carbocycles. The van der Waals surface area contributed by atoms with Crippen LogP contribution in [0.15, 0.2) is 18.7 Å². The van der Waals surface area contributed by atoms with Gasteiger partial charge < -0.3 is 20.7 Å². The van der Waals surface area contributed by atoms with Crippen LogP contribution in [-0.2, 0) is 4.79 Å². The van der Waals surface area contributed by atoms with Crippen LogP contribution in [-0.4, -0.2) is 79.2 Å². The van der Waals surface area contributed by atoms with Gasteiger partial charge in [0.2, 0.25) is 11.8 Å². The topological polar surface area (TPSA) is 87.0 Å². The van der Waals surface area contributed by atoms with Gasteiger partial charge in [0, 0.05) is 51.4 Å². The molecule has 3 fully saturated rings. The number of ether oxygens (including phenoxy) is 1. The van der Waals surface area contributed by atoms with Gasteiger partial charge in [0.05, 0.1) is 18.5 Å². The molecule has 1 aromatic rings. The number of nitrogen functional groups attached to an aromatic ring is 1. The fraction of sp³-hybridized carbons (Fsp3) is 0.619. The van der Waals surface area contributed by atoms with Gasteiger partial charge in [0.15, 0.2) is 5.82 Å². The van der Waals surface area contributed by atoms with Gasteiger partial charge in [-0.25, -0.2) is 0 Å². The molecule has 3 heterocycles. The van der Waals surface area contributed by atoms with Gasteiger partial charge in [-0.2, -0.15) is 4.98 Å². The fourth-order valence-corrected chi connectivity index (χ4v) is 4.53. The summed E-state index contributed by atoms with van der Waals surface area (Å²) in [6, 6.07) is 3.20. The second-order valence-corrected chi connectivity index (χ2v) is 8.17. The number of anilines is 3. The Morgan fingerprint density at radius 1 is 1.14 bits per heavy atom. The van der Waals surface area contributed by atoms with E-state index in [1.165, 1.54) is 45.1 Å². The van der Waals surface area contributed by atoms with E-state index in [1.54, 1.807) is 13.2 Å². The van der Waals surface area contributed by atoms with Gasteiger partial charge in [-0.15, -0.1) is 0 Å². The Kier molecular flexibility index (Phi) is 5.91. The van der Waals surface area contributed by atoms with Crippen molar-refractivity contribution in [2.45, 2.75) is 37.8 Å². The van der Waals surface area contributed by atoms with Crippen molar-refractivity contribution in [3.63, 3.8) is 0 Å². The Morgan fingerprint density at radius 3 is 2.24 bits per heavy atom. The van der Waals surface area contributed by atoms with Crippen molar-refractivity contribution in [2.75, 3.05) is 62.3 Å². The van der Waals surface area contributed by atoms with E-state index in [0.717, 1.165) is 32.0 Å². The molecule has 158 valence electrons. The minimum absolute atomic E-state index is 0.277. The van der Waals surface area contributed by atoms with Gasteiger partial charge in [0.1, 0.15) is 0 Å². The van der Waals surface area contributed by atoms with E-state index in [0.29, 0.717) is 29.1 Å². The molecular weight excluding hydrogens is 368 g/mol. The number of rotatable bonds is 6. The summed E-state index contributed by atoms with van der Waals surface area (Å²) in [6.45, 7) is 10.1. The Morgan fingerprint density at radius 2 is 1.72 bits per heavy atom. The lowest BCUT2D eigenvalue weighted by Crippen LogP contribution is -2.53. The minimum Gasteiger partial charge on any atom is -0.479 e.